The number of rotatable bonds is 10. The Balaban J connectivity index is 1.75. The molecule has 7 nitrogen and oxygen atoms in total. The second-order valence-electron chi connectivity index (χ2n) is 7.78. The van der Waals surface area contributed by atoms with Crippen LogP contribution >= 0.6 is 34.8 Å². The first-order valence-corrected chi connectivity index (χ1v) is 13.1. The van der Waals surface area contributed by atoms with Crippen molar-refractivity contribution in [3.63, 3.8) is 0 Å². The summed E-state index contributed by atoms with van der Waals surface area (Å²) < 4.78 is 41.2. The van der Waals surface area contributed by atoms with Gasteiger partial charge in [0.1, 0.15) is 5.75 Å². The lowest BCUT2D eigenvalue weighted by atomic mass is 9.78. The quantitative estimate of drug-likeness (QED) is 0.237. The summed E-state index contributed by atoms with van der Waals surface area (Å²) in [5, 5.41) is 0.866. The molecule has 1 aromatic heterocycles. The van der Waals surface area contributed by atoms with E-state index in [0.717, 1.165) is 17.4 Å². The molecule has 0 saturated carbocycles. The van der Waals surface area contributed by atoms with Gasteiger partial charge >= 0.3 is 6.08 Å². The molecule has 178 valence electrons. The van der Waals surface area contributed by atoms with Gasteiger partial charge in [0, 0.05) is 11.3 Å². The van der Waals surface area contributed by atoms with Crippen LogP contribution in [0.3, 0.4) is 0 Å². The molecular weight excluding hydrogens is 511 g/mol. The summed E-state index contributed by atoms with van der Waals surface area (Å²) in [7, 11) is -3.47. The molecule has 0 unspecified atom stereocenters. The molecular formula is C22H23Cl3N2O5S. The molecule has 0 amide bonds. The molecule has 1 N–H and O–H groups in total. The number of halogens is 3. The molecule has 0 fully saturated rings. The summed E-state index contributed by atoms with van der Waals surface area (Å²) in [5.74, 6) is 1.38. The standard InChI is InChI=1S/C22H23Cl3N2O5S/c1-22(2,15-11-17(24)20(18(25)12-15)30-10-4-9-23)14-5-7-16(8-6-14)31-21-26-13-19(32-21)27-33(3,28)29/h5-8,11-13,27H,4,9-10H2,1-3H3. The molecule has 0 spiro atoms. The van der Waals surface area contributed by atoms with Crippen LogP contribution in [0.15, 0.2) is 47.0 Å². The van der Waals surface area contributed by atoms with Crippen molar-refractivity contribution in [1.82, 2.24) is 4.98 Å². The van der Waals surface area contributed by atoms with Crippen LogP contribution in [0.2, 0.25) is 10.0 Å². The SMILES string of the molecule is CC(C)(c1ccc(Oc2ncc(NS(C)(=O)=O)o2)cc1)c1cc(Cl)c(OCCCCl)c(Cl)c1. The van der Waals surface area contributed by atoms with E-state index >= 15 is 0 Å². The van der Waals surface area contributed by atoms with E-state index in [1.165, 1.54) is 6.20 Å². The molecule has 0 aliphatic carbocycles. The van der Waals surface area contributed by atoms with E-state index in [-0.39, 0.29) is 12.0 Å². The smallest absolute Gasteiger partial charge is 0.401 e. The number of ether oxygens (including phenoxy) is 2. The van der Waals surface area contributed by atoms with Crippen LogP contribution in [-0.2, 0) is 15.4 Å². The third kappa shape index (κ3) is 6.69. The highest BCUT2D eigenvalue weighted by atomic mass is 35.5. The largest absolute Gasteiger partial charge is 0.490 e. The Bertz CT molecular complexity index is 1190. The van der Waals surface area contributed by atoms with E-state index in [1.54, 1.807) is 12.1 Å². The first kappa shape index (κ1) is 25.5. The van der Waals surface area contributed by atoms with Crippen molar-refractivity contribution in [2.45, 2.75) is 25.7 Å². The van der Waals surface area contributed by atoms with Crippen molar-refractivity contribution in [3.05, 3.63) is 63.8 Å². The van der Waals surface area contributed by atoms with Crippen LogP contribution in [0.4, 0.5) is 5.88 Å². The fourth-order valence-electron chi connectivity index (χ4n) is 3.03. The number of anilines is 1. The molecule has 1 heterocycles. The number of hydrogen-bond donors (Lipinski definition) is 1. The van der Waals surface area contributed by atoms with E-state index in [4.69, 9.17) is 48.7 Å². The first-order chi connectivity index (χ1) is 15.5. The highest BCUT2D eigenvalue weighted by Gasteiger charge is 2.26. The van der Waals surface area contributed by atoms with Crippen molar-refractivity contribution < 1.29 is 22.3 Å². The molecule has 3 rings (SSSR count). The molecule has 2 aromatic carbocycles. The van der Waals surface area contributed by atoms with Crippen molar-refractivity contribution in [2.75, 3.05) is 23.5 Å². The minimum atomic E-state index is -3.47. The zero-order valence-corrected chi connectivity index (χ0v) is 21.3. The maximum atomic E-state index is 11.3. The Kier molecular flexibility index (Phi) is 8.05. The van der Waals surface area contributed by atoms with Crippen LogP contribution < -0.4 is 14.2 Å². The van der Waals surface area contributed by atoms with Crippen LogP contribution in [0, 0.1) is 0 Å². The van der Waals surface area contributed by atoms with Crippen LogP contribution in [-0.4, -0.2) is 32.1 Å². The Morgan fingerprint density at radius 1 is 1.09 bits per heavy atom. The minimum absolute atomic E-state index is 0.0332. The third-order valence-electron chi connectivity index (χ3n) is 4.80. The fourth-order valence-corrected chi connectivity index (χ4v) is 4.19. The van der Waals surface area contributed by atoms with Gasteiger partial charge in [0.25, 0.3) is 0 Å². The zero-order chi connectivity index (χ0) is 24.2. The number of nitrogens with one attached hydrogen (secondary N) is 1. The van der Waals surface area contributed by atoms with E-state index in [9.17, 15) is 8.42 Å². The number of alkyl halides is 1. The van der Waals surface area contributed by atoms with Crippen LogP contribution in [0.1, 0.15) is 31.4 Å². The Labute approximate surface area is 208 Å². The average molecular weight is 534 g/mol. The van der Waals surface area contributed by atoms with Gasteiger partial charge in [-0.1, -0.05) is 49.2 Å². The van der Waals surface area contributed by atoms with Gasteiger partial charge in [-0.3, -0.25) is 4.72 Å². The van der Waals surface area contributed by atoms with E-state index in [0.29, 0.717) is 40.5 Å². The van der Waals surface area contributed by atoms with Crippen molar-refractivity contribution in [3.8, 4) is 17.6 Å². The topological polar surface area (TPSA) is 90.7 Å². The van der Waals surface area contributed by atoms with Gasteiger partial charge in [-0.05, 0) is 41.8 Å². The van der Waals surface area contributed by atoms with Gasteiger partial charge in [-0.15, -0.1) is 11.6 Å². The van der Waals surface area contributed by atoms with Crippen molar-refractivity contribution >= 4 is 50.7 Å². The maximum Gasteiger partial charge on any atom is 0.401 e. The molecule has 0 radical (unpaired) electrons. The normalized spacial score (nSPS) is 11.9. The minimum Gasteiger partial charge on any atom is -0.490 e. The summed E-state index contributed by atoms with van der Waals surface area (Å²) in [4.78, 5) is 3.90. The average Bonchev–Trinajstić information content (AvgIpc) is 3.15. The summed E-state index contributed by atoms with van der Waals surface area (Å²) in [6.07, 6.45) is 2.85. The number of oxazole rings is 1. The van der Waals surface area contributed by atoms with Gasteiger partial charge in [0.15, 0.2) is 5.75 Å². The summed E-state index contributed by atoms with van der Waals surface area (Å²) in [6, 6.07) is 11.0. The molecule has 0 aliphatic rings. The van der Waals surface area contributed by atoms with Crippen molar-refractivity contribution in [1.29, 1.82) is 0 Å². The predicted octanol–water partition coefficient (Wildman–Crippen LogP) is 6.48. The lowest BCUT2D eigenvalue weighted by Gasteiger charge is -2.27. The predicted molar refractivity (Wildman–Crippen MR) is 131 cm³/mol. The summed E-state index contributed by atoms with van der Waals surface area (Å²) in [6.45, 7) is 4.54. The molecule has 0 aliphatic heterocycles. The molecule has 33 heavy (non-hydrogen) atoms. The monoisotopic (exact) mass is 532 g/mol. The highest BCUT2D eigenvalue weighted by Crippen LogP contribution is 2.41. The van der Waals surface area contributed by atoms with Gasteiger partial charge in [0.2, 0.25) is 15.9 Å². The molecule has 3 aromatic rings. The van der Waals surface area contributed by atoms with Gasteiger partial charge < -0.3 is 13.9 Å². The fraction of sp³-hybridized carbons (Fsp3) is 0.318. The van der Waals surface area contributed by atoms with Gasteiger partial charge in [-0.25, -0.2) is 8.42 Å². The van der Waals surface area contributed by atoms with Gasteiger partial charge in [0.05, 0.1) is 29.1 Å². The maximum absolute atomic E-state index is 11.3. The lowest BCUT2D eigenvalue weighted by molar-refractivity contribution is 0.318. The number of sulfonamides is 1. The summed E-state index contributed by atoms with van der Waals surface area (Å²) >= 11 is 18.6. The van der Waals surface area contributed by atoms with Crippen LogP contribution in [0.25, 0.3) is 0 Å². The first-order valence-electron chi connectivity index (χ1n) is 9.90. The lowest BCUT2D eigenvalue weighted by Crippen LogP contribution is -2.19. The molecule has 0 saturated heterocycles. The number of nitrogens with zero attached hydrogens (tertiary/aromatic N) is 1. The number of aromatic nitrogens is 1. The highest BCUT2D eigenvalue weighted by molar-refractivity contribution is 7.92. The van der Waals surface area contributed by atoms with Crippen LogP contribution in [0.5, 0.6) is 17.6 Å². The Morgan fingerprint density at radius 3 is 2.30 bits per heavy atom. The van der Waals surface area contributed by atoms with E-state index < -0.39 is 15.4 Å². The molecule has 11 heteroatoms. The zero-order valence-electron chi connectivity index (χ0n) is 18.2. The Morgan fingerprint density at radius 2 is 1.73 bits per heavy atom. The van der Waals surface area contributed by atoms with Crippen molar-refractivity contribution in [2.24, 2.45) is 0 Å². The number of benzene rings is 2. The second kappa shape index (κ2) is 10.4. The molecule has 0 atom stereocenters. The second-order valence-corrected chi connectivity index (χ2v) is 10.7. The third-order valence-corrected chi connectivity index (χ3v) is 6.20. The number of hydrogen-bond acceptors (Lipinski definition) is 6. The van der Waals surface area contributed by atoms with E-state index in [2.05, 4.69) is 23.6 Å². The molecule has 0 bridgehead atoms. The Hall–Kier alpha value is -2.13. The van der Waals surface area contributed by atoms with E-state index in [1.807, 2.05) is 24.3 Å². The van der Waals surface area contributed by atoms with Gasteiger partial charge in [-0.2, -0.15) is 4.98 Å². The summed E-state index contributed by atoms with van der Waals surface area (Å²) in [5.41, 5.74) is 1.49.